The van der Waals surface area contributed by atoms with Crippen LogP contribution in [-0.2, 0) is 4.79 Å². The second-order valence-corrected chi connectivity index (χ2v) is 3.77. The van der Waals surface area contributed by atoms with E-state index in [2.05, 4.69) is 0 Å². The number of benzene rings is 1. The lowest BCUT2D eigenvalue weighted by Crippen LogP contribution is -2.06. The summed E-state index contributed by atoms with van der Waals surface area (Å²) in [4.78, 5) is 10.9. The number of hydrogen-bond acceptors (Lipinski definition) is 3. The second kappa shape index (κ2) is 3.93. The number of carbonyl (C=O) groups is 1. The summed E-state index contributed by atoms with van der Waals surface area (Å²) >= 11 is 0. The van der Waals surface area contributed by atoms with Crippen molar-refractivity contribution in [2.45, 2.75) is 34.6 Å². The third kappa shape index (κ3) is 1.96. The number of esters is 1. The fourth-order valence-electron chi connectivity index (χ4n) is 1.56. The van der Waals surface area contributed by atoms with Gasteiger partial charge in [0.25, 0.3) is 0 Å². The molecule has 0 saturated heterocycles. The van der Waals surface area contributed by atoms with Crippen LogP contribution in [0.15, 0.2) is 0 Å². The normalized spacial score (nSPS) is 10.2. The van der Waals surface area contributed by atoms with Crippen molar-refractivity contribution in [3.8, 4) is 11.5 Å². The summed E-state index contributed by atoms with van der Waals surface area (Å²) < 4.78 is 5.14. The van der Waals surface area contributed by atoms with E-state index in [-0.39, 0.29) is 11.7 Å². The smallest absolute Gasteiger partial charge is 0.308 e. The van der Waals surface area contributed by atoms with E-state index < -0.39 is 0 Å². The molecule has 0 aliphatic carbocycles. The Morgan fingerprint density at radius 2 is 1.40 bits per heavy atom. The van der Waals surface area contributed by atoms with Gasteiger partial charge in [-0.05, 0) is 49.9 Å². The summed E-state index contributed by atoms with van der Waals surface area (Å²) in [5.74, 6) is 0.502. The largest absolute Gasteiger partial charge is 0.507 e. The molecule has 0 aromatic heterocycles. The van der Waals surface area contributed by atoms with Gasteiger partial charge in [0.05, 0.1) is 0 Å². The Labute approximate surface area is 89.7 Å². The lowest BCUT2D eigenvalue weighted by molar-refractivity contribution is -0.131. The van der Waals surface area contributed by atoms with E-state index >= 15 is 0 Å². The molecule has 0 unspecified atom stereocenters. The number of hydrogen-bond donors (Lipinski definition) is 1. The predicted octanol–water partition coefficient (Wildman–Crippen LogP) is 2.55. The van der Waals surface area contributed by atoms with Crippen molar-refractivity contribution in [3.05, 3.63) is 22.3 Å². The molecule has 0 saturated carbocycles. The Kier molecular flexibility index (Phi) is 3.03. The molecule has 1 aromatic rings. The van der Waals surface area contributed by atoms with Crippen molar-refractivity contribution in [3.63, 3.8) is 0 Å². The molecule has 1 rings (SSSR count). The molecule has 1 N–H and O–H groups in total. The maximum atomic E-state index is 10.9. The van der Waals surface area contributed by atoms with Gasteiger partial charge in [-0.15, -0.1) is 0 Å². The van der Waals surface area contributed by atoms with Gasteiger partial charge in [-0.2, -0.15) is 0 Å². The highest BCUT2D eigenvalue weighted by atomic mass is 16.5. The third-order valence-corrected chi connectivity index (χ3v) is 2.76. The molecule has 0 bridgehead atoms. The molecule has 82 valence electrons. The fraction of sp³-hybridized carbons (Fsp3) is 0.417. The van der Waals surface area contributed by atoms with Crippen LogP contribution in [0.1, 0.15) is 29.2 Å². The van der Waals surface area contributed by atoms with E-state index in [0.717, 1.165) is 22.3 Å². The molecule has 3 nitrogen and oxygen atoms in total. The average molecular weight is 208 g/mol. The van der Waals surface area contributed by atoms with Crippen LogP contribution in [0.4, 0.5) is 0 Å². The lowest BCUT2D eigenvalue weighted by atomic mass is 9.98. The van der Waals surface area contributed by atoms with E-state index in [9.17, 15) is 9.90 Å². The van der Waals surface area contributed by atoms with Crippen LogP contribution in [0.3, 0.4) is 0 Å². The topological polar surface area (TPSA) is 46.5 Å². The number of ether oxygens (including phenoxy) is 1. The number of phenolic OH excluding ortho intramolecular Hbond substituents is 1. The number of carbonyl (C=O) groups excluding carboxylic acids is 1. The van der Waals surface area contributed by atoms with Crippen molar-refractivity contribution in [2.75, 3.05) is 0 Å². The SMILES string of the molecule is CC(=O)Oc1c(C)c(C)c(O)c(C)c1C. The van der Waals surface area contributed by atoms with E-state index in [1.807, 2.05) is 27.7 Å². The minimum atomic E-state index is -0.342. The van der Waals surface area contributed by atoms with Gasteiger partial charge in [0, 0.05) is 6.92 Å². The highest BCUT2D eigenvalue weighted by Gasteiger charge is 2.16. The van der Waals surface area contributed by atoms with Gasteiger partial charge >= 0.3 is 5.97 Å². The Bertz CT molecular complexity index is 390. The second-order valence-electron chi connectivity index (χ2n) is 3.77. The van der Waals surface area contributed by atoms with E-state index in [1.54, 1.807) is 0 Å². The summed E-state index contributed by atoms with van der Waals surface area (Å²) in [6.07, 6.45) is 0. The van der Waals surface area contributed by atoms with Crippen LogP contribution in [0.2, 0.25) is 0 Å². The van der Waals surface area contributed by atoms with Crippen LogP contribution in [0.5, 0.6) is 11.5 Å². The van der Waals surface area contributed by atoms with E-state index in [4.69, 9.17) is 4.74 Å². The molecule has 0 fully saturated rings. The molecule has 0 spiro atoms. The lowest BCUT2D eigenvalue weighted by Gasteiger charge is -2.16. The van der Waals surface area contributed by atoms with Crippen molar-refractivity contribution in [1.82, 2.24) is 0 Å². The van der Waals surface area contributed by atoms with Crippen molar-refractivity contribution >= 4 is 5.97 Å². The summed E-state index contributed by atoms with van der Waals surface area (Å²) in [5, 5.41) is 9.79. The van der Waals surface area contributed by atoms with Crippen LogP contribution in [0, 0.1) is 27.7 Å². The molecular weight excluding hydrogens is 192 g/mol. The van der Waals surface area contributed by atoms with Gasteiger partial charge in [0.1, 0.15) is 11.5 Å². The Morgan fingerprint density at radius 1 is 1.00 bits per heavy atom. The maximum absolute atomic E-state index is 10.9. The molecule has 0 heterocycles. The first-order valence-corrected chi connectivity index (χ1v) is 4.84. The molecule has 0 amide bonds. The molecular formula is C12H16O3. The van der Waals surface area contributed by atoms with Gasteiger partial charge in [-0.3, -0.25) is 4.79 Å². The molecule has 0 aliphatic heterocycles. The van der Waals surface area contributed by atoms with Gasteiger partial charge in [0.2, 0.25) is 0 Å². The summed E-state index contributed by atoms with van der Waals surface area (Å²) in [6, 6.07) is 0. The first-order chi connectivity index (χ1) is 6.86. The maximum Gasteiger partial charge on any atom is 0.308 e. The van der Waals surface area contributed by atoms with Crippen molar-refractivity contribution in [2.24, 2.45) is 0 Å². The van der Waals surface area contributed by atoms with Crippen LogP contribution >= 0.6 is 0 Å². The summed E-state index contributed by atoms with van der Waals surface area (Å²) in [5.41, 5.74) is 3.14. The number of rotatable bonds is 1. The molecule has 1 aromatic carbocycles. The molecule has 0 aliphatic rings. The minimum absolute atomic E-state index is 0.279. The van der Waals surface area contributed by atoms with E-state index in [1.165, 1.54) is 6.92 Å². The van der Waals surface area contributed by atoms with E-state index in [0.29, 0.717) is 5.75 Å². The Hall–Kier alpha value is -1.51. The molecule has 0 atom stereocenters. The zero-order valence-electron chi connectivity index (χ0n) is 9.76. The average Bonchev–Trinajstić information content (AvgIpc) is 2.18. The Morgan fingerprint density at radius 3 is 1.73 bits per heavy atom. The number of aromatic hydroxyl groups is 1. The first-order valence-electron chi connectivity index (χ1n) is 4.84. The zero-order valence-corrected chi connectivity index (χ0v) is 9.76. The Balaban J connectivity index is 3.45. The number of phenols is 1. The zero-order chi connectivity index (χ0) is 11.7. The molecule has 3 heteroatoms. The highest BCUT2D eigenvalue weighted by Crippen LogP contribution is 2.36. The molecule has 0 radical (unpaired) electrons. The summed E-state index contributed by atoms with van der Waals surface area (Å²) in [7, 11) is 0. The quantitative estimate of drug-likeness (QED) is 0.570. The van der Waals surface area contributed by atoms with Crippen LogP contribution < -0.4 is 4.74 Å². The van der Waals surface area contributed by atoms with Gasteiger partial charge in [0.15, 0.2) is 0 Å². The van der Waals surface area contributed by atoms with Crippen LogP contribution in [-0.4, -0.2) is 11.1 Å². The fourth-order valence-corrected chi connectivity index (χ4v) is 1.56. The van der Waals surface area contributed by atoms with Crippen LogP contribution in [0.25, 0.3) is 0 Å². The summed E-state index contributed by atoms with van der Waals surface area (Å²) in [6.45, 7) is 8.66. The monoisotopic (exact) mass is 208 g/mol. The highest BCUT2D eigenvalue weighted by molar-refractivity contribution is 5.71. The minimum Gasteiger partial charge on any atom is -0.507 e. The van der Waals surface area contributed by atoms with Gasteiger partial charge in [-0.25, -0.2) is 0 Å². The van der Waals surface area contributed by atoms with Gasteiger partial charge in [-0.1, -0.05) is 0 Å². The third-order valence-electron chi connectivity index (χ3n) is 2.76. The van der Waals surface area contributed by atoms with Gasteiger partial charge < -0.3 is 9.84 Å². The van der Waals surface area contributed by atoms with Crippen molar-refractivity contribution in [1.29, 1.82) is 0 Å². The first kappa shape index (κ1) is 11.6. The predicted molar refractivity (Wildman–Crippen MR) is 58.4 cm³/mol. The standard InChI is InChI=1S/C12H16O3/c1-6-8(3)12(15-10(5)13)9(4)7(2)11(6)14/h14H,1-5H3. The molecule has 15 heavy (non-hydrogen) atoms. The van der Waals surface area contributed by atoms with Crippen molar-refractivity contribution < 1.29 is 14.6 Å².